The number of carboxylic acid groups (broad SMARTS) is 1. The first kappa shape index (κ1) is 17.9. The number of carbonyl (C=O) groups excluding carboxylic acids is 1. The van der Waals surface area contributed by atoms with Gasteiger partial charge in [-0.25, -0.2) is 0 Å². The Bertz CT molecular complexity index is 289. The number of hydrogen-bond donors (Lipinski definition) is 1. The molecule has 3 unspecified atom stereocenters. The maximum atomic E-state index is 11.8. The summed E-state index contributed by atoms with van der Waals surface area (Å²) in [4.78, 5) is 25.0. The molecule has 0 bridgehead atoms. The van der Waals surface area contributed by atoms with Gasteiger partial charge in [-0.3, -0.25) is 9.59 Å². The lowest BCUT2D eigenvalue weighted by Crippen LogP contribution is -2.39. The van der Waals surface area contributed by atoms with Gasteiger partial charge in [-0.15, -0.1) is 0 Å². The molecule has 0 heterocycles. The zero-order valence-electron chi connectivity index (χ0n) is 12.4. The summed E-state index contributed by atoms with van der Waals surface area (Å²) in [7, 11) is 5.19. The van der Waals surface area contributed by atoms with Crippen molar-refractivity contribution < 1.29 is 24.2 Å². The maximum absolute atomic E-state index is 11.8. The Morgan fingerprint density at radius 1 is 1.32 bits per heavy atom. The first-order valence-electron chi connectivity index (χ1n) is 6.42. The Morgan fingerprint density at radius 2 is 1.89 bits per heavy atom. The van der Waals surface area contributed by atoms with E-state index in [0.717, 1.165) is 0 Å². The minimum Gasteiger partial charge on any atom is -0.481 e. The van der Waals surface area contributed by atoms with E-state index in [9.17, 15) is 14.7 Å². The van der Waals surface area contributed by atoms with Crippen LogP contribution in [-0.4, -0.2) is 62.4 Å². The van der Waals surface area contributed by atoms with Crippen molar-refractivity contribution in [3.8, 4) is 0 Å². The quantitative estimate of drug-likeness (QED) is 0.629. The van der Waals surface area contributed by atoms with E-state index in [-0.39, 0.29) is 6.61 Å². The van der Waals surface area contributed by atoms with Gasteiger partial charge in [0.05, 0.1) is 17.9 Å². The molecule has 3 atom stereocenters. The van der Waals surface area contributed by atoms with Crippen LogP contribution in [0.2, 0.25) is 0 Å². The van der Waals surface area contributed by atoms with Crippen LogP contribution in [0.3, 0.4) is 0 Å². The number of methoxy groups -OCH3 is 1. The van der Waals surface area contributed by atoms with Crippen molar-refractivity contribution in [2.75, 3.05) is 34.4 Å². The highest BCUT2D eigenvalue weighted by Gasteiger charge is 2.37. The number of likely N-dealkylation sites (N-methyl/N-ethyl adjacent to an activating group) is 1. The molecule has 0 radical (unpaired) electrons. The van der Waals surface area contributed by atoms with Gasteiger partial charge >= 0.3 is 11.9 Å². The van der Waals surface area contributed by atoms with Crippen LogP contribution < -0.4 is 0 Å². The van der Waals surface area contributed by atoms with Gasteiger partial charge in [0, 0.05) is 13.7 Å². The zero-order chi connectivity index (χ0) is 15.0. The van der Waals surface area contributed by atoms with Crippen molar-refractivity contribution in [2.24, 2.45) is 11.8 Å². The molecule has 0 amide bonds. The number of carboxylic acids is 1. The molecule has 1 N–H and O–H groups in total. The number of carbonyl (C=O) groups is 2. The lowest BCUT2D eigenvalue weighted by Gasteiger charge is -2.25. The van der Waals surface area contributed by atoms with Crippen molar-refractivity contribution in [2.45, 2.75) is 26.4 Å². The minimum atomic E-state index is -1.04. The summed E-state index contributed by atoms with van der Waals surface area (Å²) in [6, 6.07) is 0. The van der Waals surface area contributed by atoms with E-state index in [0.29, 0.717) is 13.0 Å². The van der Waals surface area contributed by atoms with Crippen LogP contribution in [0, 0.1) is 11.8 Å². The standard InChI is InChI=1S/C13H25NO5/c1-6-10(18-5)11(12(15)16)9(2)13(17)19-8-7-14(3)4/h9-11H,6-8H2,1-5H3,(H,15,16). The van der Waals surface area contributed by atoms with Crippen LogP contribution in [0.25, 0.3) is 0 Å². The highest BCUT2D eigenvalue weighted by atomic mass is 16.5. The number of ether oxygens (including phenoxy) is 2. The van der Waals surface area contributed by atoms with Crippen LogP contribution in [0.1, 0.15) is 20.3 Å². The third-order valence-electron chi connectivity index (χ3n) is 3.08. The van der Waals surface area contributed by atoms with Crippen LogP contribution >= 0.6 is 0 Å². The topological polar surface area (TPSA) is 76.1 Å². The summed E-state index contributed by atoms with van der Waals surface area (Å²) < 4.78 is 10.2. The zero-order valence-corrected chi connectivity index (χ0v) is 12.4. The fraction of sp³-hybridized carbons (Fsp3) is 0.846. The predicted octanol–water partition coefficient (Wildman–Crippen LogP) is 0.853. The first-order chi connectivity index (χ1) is 8.84. The normalized spacial score (nSPS) is 15.9. The SMILES string of the molecule is CCC(OC)C(C(=O)O)C(C)C(=O)OCCN(C)C. The van der Waals surface area contributed by atoms with E-state index < -0.39 is 29.9 Å². The fourth-order valence-electron chi connectivity index (χ4n) is 1.87. The Morgan fingerprint density at radius 3 is 2.26 bits per heavy atom. The summed E-state index contributed by atoms with van der Waals surface area (Å²) >= 11 is 0. The van der Waals surface area contributed by atoms with Gasteiger partial charge in [-0.1, -0.05) is 13.8 Å². The molecule has 0 saturated carbocycles. The van der Waals surface area contributed by atoms with Crippen molar-refractivity contribution in [3.05, 3.63) is 0 Å². The highest BCUT2D eigenvalue weighted by molar-refractivity contribution is 5.81. The molecule has 112 valence electrons. The third kappa shape index (κ3) is 6.02. The molecule has 6 heteroatoms. The molecule has 0 aromatic carbocycles. The monoisotopic (exact) mass is 275 g/mol. The fourth-order valence-corrected chi connectivity index (χ4v) is 1.87. The molecular formula is C13H25NO5. The predicted molar refractivity (Wildman–Crippen MR) is 70.9 cm³/mol. The van der Waals surface area contributed by atoms with Gasteiger partial charge in [0.2, 0.25) is 0 Å². The Hall–Kier alpha value is -1.14. The molecule has 0 aromatic rings. The van der Waals surface area contributed by atoms with Gasteiger partial charge in [-0.2, -0.15) is 0 Å². The van der Waals surface area contributed by atoms with Gasteiger partial charge in [0.15, 0.2) is 0 Å². The highest BCUT2D eigenvalue weighted by Crippen LogP contribution is 2.22. The molecule has 0 rings (SSSR count). The first-order valence-corrected chi connectivity index (χ1v) is 6.42. The Balaban J connectivity index is 4.58. The summed E-state index contributed by atoms with van der Waals surface area (Å²) in [5, 5.41) is 9.24. The van der Waals surface area contributed by atoms with Crippen LogP contribution in [0.4, 0.5) is 0 Å². The Labute approximate surface area is 114 Å². The average molecular weight is 275 g/mol. The summed E-state index contributed by atoms with van der Waals surface area (Å²) in [5.41, 5.74) is 0. The molecule has 0 fully saturated rings. The minimum absolute atomic E-state index is 0.256. The van der Waals surface area contributed by atoms with E-state index in [1.807, 2.05) is 25.9 Å². The molecule has 0 aliphatic heterocycles. The van der Waals surface area contributed by atoms with Gasteiger partial charge in [0.25, 0.3) is 0 Å². The van der Waals surface area contributed by atoms with Crippen LogP contribution in [0.15, 0.2) is 0 Å². The molecule has 0 spiro atoms. The van der Waals surface area contributed by atoms with Crippen molar-refractivity contribution in [1.82, 2.24) is 4.90 Å². The molecule has 0 aromatic heterocycles. The average Bonchev–Trinajstić information content (AvgIpc) is 2.33. The molecular weight excluding hydrogens is 250 g/mol. The van der Waals surface area contributed by atoms with Crippen molar-refractivity contribution >= 4 is 11.9 Å². The van der Waals surface area contributed by atoms with E-state index in [1.54, 1.807) is 6.92 Å². The van der Waals surface area contributed by atoms with Gasteiger partial charge in [0.1, 0.15) is 6.61 Å². The van der Waals surface area contributed by atoms with Crippen LogP contribution in [0.5, 0.6) is 0 Å². The lowest BCUT2D eigenvalue weighted by molar-refractivity contribution is -0.162. The largest absolute Gasteiger partial charge is 0.481 e. The maximum Gasteiger partial charge on any atom is 0.310 e. The number of esters is 1. The third-order valence-corrected chi connectivity index (χ3v) is 3.08. The summed E-state index contributed by atoms with van der Waals surface area (Å²) in [6.07, 6.45) is 0.0388. The number of rotatable bonds is 9. The van der Waals surface area contributed by atoms with Crippen molar-refractivity contribution in [3.63, 3.8) is 0 Å². The molecule has 6 nitrogen and oxygen atoms in total. The second-order valence-electron chi connectivity index (χ2n) is 4.81. The van der Waals surface area contributed by atoms with Gasteiger partial charge < -0.3 is 19.5 Å². The molecule has 19 heavy (non-hydrogen) atoms. The number of aliphatic carboxylic acids is 1. The summed E-state index contributed by atoms with van der Waals surface area (Å²) in [6.45, 7) is 4.26. The second kappa shape index (κ2) is 8.87. The molecule has 0 aliphatic carbocycles. The number of hydrogen-bond acceptors (Lipinski definition) is 5. The second-order valence-corrected chi connectivity index (χ2v) is 4.81. The Kier molecular flexibility index (Phi) is 8.34. The van der Waals surface area contributed by atoms with Crippen LogP contribution in [-0.2, 0) is 19.1 Å². The molecule has 0 aliphatic rings. The van der Waals surface area contributed by atoms with E-state index >= 15 is 0 Å². The van der Waals surface area contributed by atoms with E-state index in [2.05, 4.69) is 0 Å². The van der Waals surface area contributed by atoms with E-state index in [4.69, 9.17) is 9.47 Å². The number of nitrogens with zero attached hydrogens (tertiary/aromatic N) is 1. The smallest absolute Gasteiger partial charge is 0.310 e. The lowest BCUT2D eigenvalue weighted by atomic mass is 9.87. The van der Waals surface area contributed by atoms with E-state index in [1.165, 1.54) is 7.11 Å². The summed E-state index contributed by atoms with van der Waals surface area (Å²) in [5.74, 6) is -3.15. The van der Waals surface area contributed by atoms with Gasteiger partial charge in [-0.05, 0) is 20.5 Å². The van der Waals surface area contributed by atoms with Crippen molar-refractivity contribution in [1.29, 1.82) is 0 Å². The molecule has 0 saturated heterocycles.